The minimum atomic E-state index is -0.520. The fraction of sp³-hybridized carbons (Fsp3) is 0.0800. The second-order valence-electron chi connectivity index (χ2n) is 7.33. The van der Waals surface area contributed by atoms with Crippen LogP contribution in [-0.4, -0.2) is 4.57 Å². The van der Waals surface area contributed by atoms with E-state index in [-0.39, 0.29) is 16.1 Å². The summed E-state index contributed by atoms with van der Waals surface area (Å²) >= 11 is 6.40. The lowest BCUT2D eigenvalue weighted by atomic mass is 10.0. The van der Waals surface area contributed by atoms with Gasteiger partial charge in [0.15, 0.2) is 5.58 Å². The molecule has 0 fully saturated rings. The summed E-state index contributed by atoms with van der Waals surface area (Å²) in [5, 5.41) is 4.51. The summed E-state index contributed by atoms with van der Waals surface area (Å²) in [6.45, 7) is 0.442. The number of furan rings is 1. The Balaban J connectivity index is 1.84. The normalized spacial score (nSPS) is 11.3. The molecule has 1 N–H and O–H groups in total. The molecule has 5 rings (SSSR count). The fourth-order valence-corrected chi connectivity index (χ4v) is 4.20. The number of aryl methyl sites for hydroxylation is 1. The maximum absolute atomic E-state index is 15.0. The second kappa shape index (κ2) is 7.60. The first-order valence-corrected chi connectivity index (χ1v) is 10.2. The van der Waals surface area contributed by atoms with E-state index in [0.29, 0.717) is 29.0 Å². The van der Waals surface area contributed by atoms with Gasteiger partial charge < -0.3 is 14.3 Å². The van der Waals surface area contributed by atoms with Crippen LogP contribution in [0.2, 0.25) is 5.02 Å². The van der Waals surface area contributed by atoms with E-state index < -0.39 is 5.82 Å². The molecule has 154 valence electrons. The first-order chi connectivity index (χ1) is 15.1. The molecule has 0 atom stereocenters. The van der Waals surface area contributed by atoms with E-state index in [1.807, 2.05) is 54.6 Å². The number of hydrogen-bond donors (Lipinski definition) is 1. The summed E-state index contributed by atoms with van der Waals surface area (Å²) in [6.07, 6.45) is 0. The topological polar surface area (TPSA) is 47.2 Å². The van der Waals surface area contributed by atoms with Crippen LogP contribution in [0.15, 0.2) is 82.0 Å². The van der Waals surface area contributed by atoms with Crippen LogP contribution in [0.5, 0.6) is 0 Å². The summed E-state index contributed by atoms with van der Waals surface area (Å²) in [7, 11) is 1.70. The minimum absolute atomic E-state index is 0.144. The molecule has 0 spiro atoms. The third-order valence-electron chi connectivity index (χ3n) is 5.45. The average molecular weight is 433 g/mol. The molecule has 31 heavy (non-hydrogen) atoms. The molecule has 0 saturated heterocycles. The Morgan fingerprint density at radius 3 is 2.48 bits per heavy atom. The number of benzene rings is 3. The van der Waals surface area contributed by atoms with Crippen molar-refractivity contribution in [2.24, 2.45) is 7.05 Å². The number of anilines is 1. The van der Waals surface area contributed by atoms with Crippen LogP contribution in [-0.2, 0) is 13.6 Å². The first-order valence-electron chi connectivity index (χ1n) is 9.82. The van der Waals surface area contributed by atoms with Gasteiger partial charge in [0.2, 0.25) is 5.88 Å². The Hall–Kier alpha value is -3.57. The van der Waals surface area contributed by atoms with Gasteiger partial charge in [0.05, 0.1) is 21.5 Å². The maximum atomic E-state index is 15.0. The SMILES string of the molecule is Cn1c(=O)c2c(-c3c(F)cccc3Cl)c(NCc3ccccc3)oc2c2ccccc21. The average Bonchev–Trinajstić information content (AvgIpc) is 3.16. The highest BCUT2D eigenvalue weighted by molar-refractivity contribution is 6.34. The minimum Gasteiger partial charge on any atom is -0.439 e. The van der Waals surface area contributed by atoms with E-state index in [1.54, 1.807) is 17.7 Å². The Kier molecular flexibility index (Phi) is 4.75. The van der Waals surface area contributed by atoms with Crippen molar-refractivity contribution >= 4 is 39.4 Å². The van der Waals surface area contributed by atoms with Gasteiger partial charge in [0.1, 0.15) is 5.82 Å². The van der Waals surface area contributed by atoms with Gasteiger partial charge in [-0.2, -0.15) is 0 Å². The molecule has 0 amide bonds. The van der Waals surface area contributed by atoms with E-state index in [2.05, 4.69) is 5.32 Å². The highest BCUT2D eigenvalue weighted by Gasteiger charge is 2.26. The molecule has 0 radical (unpaired) electrons. The van der Waals surface area contributed by atoms with E-state index in [1.165, 1.54) is 12.1 Å². The molecule has 0 aliphatic rings. The Morgan fingerprint density at radius 2 is 1.71 bits per heavy atom. The zero-order chi connectivity index (χ0) is 21.5. The summed E-state index contributed by atoms with van der Waals surface area (Å²) in [5.74, 6) is -0.215. The van der Waals surface area contributed by atoms with Crippen LogP contribution in [0.3, 0.4) is 0 Å². The molecule has 0 aliphatic carbocycles. The molecule has 0 saturated carbocycles. The molecular formula is C25H18ClFN2O2. The molecule has 4 nitrogen and oxygen atoms in total. The fourth-order valence-electron chi connectivity index (χ4n) is 3.94. The standard InChI is InChI=1S/C25H18ClFN2O2/c1-29-19-13-6-5-10-16(19)23-22(25(29)30)21(20-17(26)11-7-12-18(20)27)24(31-23)28-14-15-8-3-2-4-9-15/h2-13,28H,14H2,1H3. The third-order valence-corrected chi connectivity index (χ3v) is 5.76. The predicted octanol–water partition coefficient (Wildman–Crippen LogP) is 6.36. The van der Waals surface area contributed by atoms with Gasteiger partial charge in [-0.1, -0.05) is 60.1 Å². The van der Waals surface area contributed by atoms with Crippen LogP contribution >= 0.6 is 11.6 Å². The van der Waals surface area contributed by atoms with Crippen LogP contribution < -0.4 is 10.9 Å². The zero-order valence-corrected chi connectivity index (χ0v) is 17.4. The summed E-state index contributed by atoms with van der Waals surface area (Å²) in [4.78, 5) is 13.4. The van der Waals surface area contributed by atoms with E-state index in [9.17, 15) is 9.18 Å². The molecule has 3 aromatic carbocycles. The summed E-state index contributed by atoms with van der Waals surface area (Å²) in [5.41, 5.74) is 2.36. The number of nitrogens with zero attached hydrogens (tertiary/aromatic N) is 1. The highest BCUT2D eigenvalue weighted by Crippen LogP contribution is 2.43. The van der Waals surface area contributed by atoms with Crippen molar-refractivity contribution < 1.29 is 8.81 Å². The number of para-hydroxylation sites is 1. The van der Waals surface area contributed by atoms with Crippen molar-refractivity contribution in [1.29, 1.82) is 0 Å². The van der Waals surface area contributed by atoms with Crippen molar-refractivity contribution in [1.82, 2.24) is 4.57 Å². The summed E-state index contributed by atoms with van der Waals surface area (Å²) < 4.78 is 22.7. The number of hydrogen-bond acceptors (Lipinski definition) is 3. The second-order valence-corrected chi connectivity index (χ2v) is 7.73. The van der Waals surface area contributed by atoms with Gasteiger partial charge in [-0.05, 0) is 29.8 Å². The predicted molar refractivity (Wildman–Crippen MR) is 123 cm³/mol. The number of fused-ring (bicyclic) bond motifs is 3. The van der Waals surface area contributed by atoms with Gasteiger partial charge in [-0.25, -0.2) is 4.39 Å². The molecule has 0 bridgehead atoms. The van der Waals surface area contributed by atoms with Crippen molar-refractivity contribution in [3.05, 3.63) is 99.6 Å². The maximum Gasteiger partial charge on any atom is 0.262 e. The molecule has 6 heteroatoms. The third kappa shape index (κ3) is 3.18. The van der Waals surface area contributed by atoms with Gasteiger partial charge >= 0.3 is 0 Å². The molecule has 0 unspecified atom stereocenters. The number of rotatable bonds is 4. The Morgan fingerprint density at radius 1 is 0.968 bits per heavy atom. The van der Waals surface area contributed by atoms with Crippen LogP contribution in [0.4, 0.5) is 10.3 Å². The van der Waals surface area contributed by atoms with Crippen molar-refractivity contribution in [3.63, 3.8) is 0 Å². The Bertz CT molecular complexity index is 1470. The molecular weight excluding hydrogens is 415 g/mol. The monoisotopic (exact) mass is 432 g/mol. The van der Waals surface area contributed by atoms with Gasteiger partial charge in [0, 0.05) is 24.5 Å². The number of halogens is 2. The van der Waals surface area contributed by atoms with E-state index in [4.69, 9.17) is 16.0 Å². The molecule has 2 heterocycles. The molecule has 0 aliphatic heterocycles. The number of nitrogens with one attached hydrogen (secondary N) is 1. The van der Waals surface area contributed by atoms with Crippen molar-refractivity contribution in [3.8, 4) is 11.1 Å². The first kappa shape index (κ1) is 19.4. The highest BCUT2D eigenvalue weighted by atomic mass is 35.5. The van der Waals surface area contributed by atoms with Crippen LogP contribution in [0.25, 0.3) is 33.0 Å². The largest absolute Gasteiger partial charge is 0.439 e. The lowest BCUT2D eigenvalue weighted by Gasteiger charge is -2.09. The number of aromatic nitrogens is 1. The number of pyridine rings is 1. The van der Waals surface area contributed by atoms with Crippen molar-refractivity contribution in [2.75, 3.05) is 5.32 Å². The molecule has 5 aromatic rings. The smallest absolute Gasteiger partial charge is 0.262 e. The van der Waals surface area contributed by atoms with Crippen molar-refractivity contribution in [2.45, 2.75) is 6.54 Å². The van der Waals surface area contributed by atoms with Gasteiger partial charge in [-0.15, -0.1) is 0 Å². The van der Waals surface area contributed by atoms with Crippen LogP contribution in [0.1, 0.15) is 5.56 Å². The molecule has 2 aromatic heterocycles. The zero-order valence-electron chi connectivity index (χ0n) is 16.7. The van der Waals surface area contributed by atoms with Gasteiger partial charge in [-0.3, -0.25) is 4.79 Å². The van der Waals surface area contributed by atoms with Crippen LogP contribution in [0, 0.1) is 5.82 Å². The van der Waals surface area contributed by atoms with Gasteiger partial charge in [0.25, 0.3) is 5.56 Å². The quantitative estimate of drug-likeness (QED) is 0.359. The Labute approximate surface area is 182 Å². The van der Waals surface area contributed by atoms with E-state index >= 15 is 0 Å². The lowest BCUT2D eigenvalue weighted by molar-refractivity contribution is 0.623. The lowest BCUT2D eigenvalue weighted by Crippen LogP contribution is -2.17. The van der Waals surface area contributed by atoms with E-state index in [0.717, 1.165) is 16.5 Å². The summed E-state index contributed by atoms with van der Waals surface area (Å²) in [6, 6.07) is 21.7.